The molecule has 1 atom stereocenters. The zero-order chi connectivity index (χ0) is 28.5. The van der Waals surface area contributed by atoms with Gasteiger partial charge in [-0.1, -0.05) is 35.9 Å². The second-order valence-corrected chi connectivity index (χ2v) is 10.1. The summed E-state index contributed by atoms with van der Waals surface area (Å²) in [5, 5.41) is 16.4. The van der Waals surface area contributed by atoms with Gasteiger partial charge in [0, 0.05) is 36.9 Å². The molecule has 0 bridgehead atoms. The molecule has 11 heteroatoms. The van der Waals surface area contributed by atoms with Crippen LogP contribution in [-0.4, -0.2) is 78.7 Å². The lowest BCUT2D eigenvalue weighted by Crippen LogP contribution is -2.38. The minimum Gasteiger partial charge on any atom is -0.497 e. The van der Waals surface area contributed by atoms with E-state index in [1.807, 2.05) is 18.2 Å². The predicted octanol–water partition coefficient (Wildman–Crippen LogP) is 3.49. The Balaban J connectivity index is 1.41. The summed E-state index contributed by atoms with van der Waals surface area (Å²) >= 11 is 6.43. The molecule has 1 aromatic heterocycles. The molecule has 4 rings (SSSR count). The molecule has 0 radical (unpaired) electrons. The number of nitrogens with zero attached hydrogens (tertiary/aromatic N) is 3. The summed E-state index contributed by atoms with van der Waals surface area (Å²) in [6.45, 7) is 1.57. The third-order valence-electron chi connectivity index (χ3n) is 6.71. The zero-order valence-corrected chi connectivity index (χ0v) is 23.4. The number of halogens is 1. The molecular formula is C29H34ClN5O5. The fraction of sp³-hybridized carbons (Fsp3) is 0.379. The molecule has 0 saturated carbocycles. The highest BCUT2D eigenvalue weighted by Gasteiger charge is 2.18. The van der Waals surface area contributed by atoms with Gasteiger partial charge in [0.15, 0.2) is 0 Å². The van der Waals surface area contributed by atoms with E-state index >= 15 is 0 Å². The van der Waals surface area contributed by atoms with E-state index in [1.165, 1.54) is 0 Å². The molecule has 40 heavy (non-hydrogen) atoms. The summed E-state index contributed by atoms with van der Waals surface area (Å²) in [7, 11) is 3.35. The van der Waals surface area contributed by atoms with Crippen molar-refractivity contribution in [3.05, 3.63) is 70.4 Å². The minimum atomic E-state index is -0.566. The van der Waals surface area contributed by atoms with Crippen LogP contribution in [0.15, 0.2) is 48.7 Å². The number of hydrogen-bond acceptors (Lipinski definition) is 9. The molecule has 3 aromatic rings. The molecule has 1 saturated heterocycles. The molecule has 2 aromatic carbocycles. The van der Waals surface area contributed by atoms with Gasteiger partial charge in [-0.05, 0) is 49.2 Å². The van der Waals surface area contributed by atoms with Crippen LogP contribution in [0.4, 0.5) is 5.95 Å². The quantitative estimate of drug-likeness (QED) is 0.282. The van der Waals surface area contributed by atoms with Crippen molar-refractivity contribution in [1.82, 2.24) is 20.2 Å². The lowest BCUT2D eigenvalue weighted by Gasteiger charge is -2.23. The average molecular weight is 568 g/mol. The Morgan fingerprint density at radius 1 is 1.27 bits per heavy atom. The number of carbonyl (C=O) groups excluding carboxylic acids is 2. The van der Waals surface area contributed by atoms with Gasteiger partial charge in [-0.2, -0.15) is 0 Å². The van der Waals surface area contributed by atoms with Crippen LogP contribution < -0.4 is 15.4 Å². The summed E-state index contributed by atoms with van der Waals surface area (Å²) in [5.74, 6) is 0.858. The Morgan fingerprint density at radius 2 is 2.08 bits per heavy atom. The number of anilines is 1. The molecular weight excluding hydrogens is 534 g/mol. The van der Waals surface area contributed by atoms with Gasteiger partial charge >= 0.3 is 0 Å². The predicted molar refractivity (Wildman–Crippen MR) is 153 cm³/mol. The van der Waals surface area contributed by atoms with E-state index in [-0.39, 0.29) is 25.1 Å². The second-order valence-electron chi connectivity index (χ2n) is 9.70. The number of nitrogens with one attached hydrogen (secondary N) is 2. The van der Waals surface area contributed by atoms with Gasteiger partial charge < -0.3 is 25.2 Å². The first-order valence-corrected chi connectivity index (χ1v) is 13.5. The summed E-state index contributed by atoms with van der Waals surface area (Å²) in [6, 6.07) is 12.3. The lowest BCUT2D eigenvalue weighted by molar-refractivity contribution is -0.123. The van der Waals surface area contributed by atoms with Crippen molar-refractivity contribution in [2.75, 3.05) is 45.8 Å². The largest absolute Gasteiger partial charge is 0.497 e. The summed E-state index contributed by atoms with van der Waals surface area (Å²) in [4.78, 5) is 35.5. The number of methoxy groups -OCH3 is 1. The van der Waals surface area contributed by atoms with E-state index in [1.54, 1.807) is 49.5 Å². The van der Waals surface area contributed by atoms with Gasteiger partial charge in [0.25, 0.3) is 0 Å². The SMILES string of the molecule is COc1cccc(C(CO)NC(=O)CN(C)Cc2ccc(-c3nc(NC4CCOCC4)ncc3Cl)cc2C=O)c1. The summed E-state index contributed by atoms with van der Waals surface area (Å²) < 4.78 is 10.6. The average Bonchev–Trinajstić information content (AvgIpc) is 2.97. The van der Waals surface area contributed by atoms with E-state index in [2.05, 4.69) is 20.6 Å². The Bertz CT molecular complexity index is 1320. The van der Waals surface area contributed by atoms with Crippen LogP contribution >= 0.6 is 11.6 Å². The number of aldehydes is 1. The zero-order valence-electron chi connectivity index (χ0n) is 22.6. The molecule has 1 aliphatic rings. The number of carbonyl (C=O) groups is 2. The highest BCUT2D eigenvalue weighted by molar-refractivity contribution is 6.32. The maximum absolute atomic E-state index is 12.7. The molecule has 1 aliphatic heterocycles. The fourth-order valence-corrected chi connectivity index (χ4v) is 4.78. The topological polar surface area (TPSA) is 126 Å². The summed E-state index contributed by atoms with van der Waals surface area (Å²) in [5.41, 5.74) is 3.19. The van der Waals surface area contributed by atoms with Crippen molar-refractivity contribution in [2.24, 2.45) is 0 Å². The standard InChI is InChI=1S/C29H34ClN5O5/c1-35(16-27(38)33-26(18-37)19-4-3-5-24(13-19)39-2)15-21-7-6-20(12-22(21)17-36)28-25(30)14-31-29(34-28)32-23-8-10-40-11-9-23/h3-7,12-14,17,23,26,37H,8-11,15-16,18H2,1-2H3,(H,33,38)(H,31,32,34). The molecule has 3 N–H and O–H groups in total. The van der Waals surface area contributed by atoms with Gasteiger partial charge in [-0.25, -0.2) is 9.97 Å². The van der Waals surface area contributed by atoms with Crippen molar-refractivity contribution < 1.29 is 24.2 Å². The highest BCUT2D eigenvalue weighted by Crippen LogP contribution is 2.28. The van der Waals surface area contributed by atoms with Crippen LogP contribution in [-0.2, 0) is 16.1 Å². The van der Waals surface area contributed by atoms with Gasteiger partial charge in [-0.3, -0.25) is 14.5 Å². The van der Waals surface area contributed by atoms with Gasteiger partial charge in [-0.15, -0.1) is 0 Å². The maximum atomic E-state index is 12.7. The number of ether oxygens (including phenoxy) is 2. The van der Waals surface area contributed by atoms with Gasteiger partial charge in [0.2, 0.25) is 11.9 Å². The first-order valence-electron chi connectivity index (χ1n) is 13.1. The number of amides is 1. The van der Waals surface area contributed by atoms with Crippen LogP contribution in [0, 0.1) is 0 Å². The molecule has 0 aliphatic carbocycles. The first-order chi connectivity index (χ1) is 19.4. The number of aliphatic hydroxyl groups excluding tert-OH is 1. The minimum absolute atomic E-state index is 0.0689. The normalized spacial score (nSPS) is 14.5. The third-order valence-corrected chi connectivity index (χ3v) is 6.99. The van der Waals surface area contributed by atoms with Crippen LogP contribution in [0.5, 0.6) is 5.75 Å². The number of aromatic nitrogens is 2. The number of likely N-dealkylation sites (N-methyl/N-ethyl adjacent to an activating group) is 1. The van der Waals surface area contributed by atoms with Crippen molar-refractivity contribution in [3.63, 3.8) is 0 Å². The Hall–Kier alpha value is -3.57. The molecule has 2 heterocycles. The molecule has 0 spiro atoms. The number of rotatable bonds is 12. The Kier molecular flexibility index (Phi) is 10.4. The first kappa shape index (κ1) is 29.4. The summed E-state index contributed by atoms with van der Waals surface area (Å²) in [6.07, 6.45) is 4.09. The van der Waals surface area contributed by atoms with E-state index < -0.39 is 6.04 Å². The molecule has 212 valence electrons. The van der Waals surface area contributed by atoms with E-state index in [9.17, 15) is 14.7 Å². The van der Waals surface area contributed by atoms with Crippen molar-refractivity contribution in [1.29, 1.82) is 0 Å². The third kappa shape index (κ3) is 7.76. The lowest BCUT2D eigenvalue weighted by atomic mass is 10.0. The molecule has 10 nitrogen and oxygen atoms in total. The van der Waals surface area contributed by atoms with Crippen molar-refractivity contribution in [2.45, 2.75) is 31.5 Å². The smallest absolute Gasteiger partial charge is 0.234 e. The number of aliphatic hydroxyl groups is 1. The molecule has 1 unspecified atom stereocenters. The molecule has 1 amide bonds. The van der Waals surface area contributed by atoms with E-state index in [0.29, 0.717) is 53.3 Å². The van der Waals surface area contributed by atoms with Gasteiger partial charge in [0.05, 0.1) is 43.2 Å². The van der Waals surface area contributed by atoms with Crippen molar-refractivity contribution >= 4 is 29.7 Å². The van der Waals surface area contributed by atoms with Gasteiger partial charge in [0.1, 0.15) is 12.0 Å². The van der Waals surface area contributed by atoms with E-state index in [4.69, 9.17) is 21.1 Å². The van der Waals surface area contributed by atoms with Crippen LogP contribution in [0.1, 0.15) is 40.4 Å². The number of benzene rings is 2. The maximum Gasteiger partial charge on any atom is 0.234 e. The fourth-order valence-electron chi connectivity index (χ4n) is 4.58. The van der Waals surface area contributed by atoms with Crippen LogP contribution in [0.25, 0.3) is 11.3 Å². The van der Waals surface area contributed by atoms with E-state index in [0.717, 1.165) is 30.3 Å². The van der Waals surface area contributed by atoms with Crippen LogP contribution in [0.3, 0.4) is 0 Å². The van der Waals surface area contributed by atoms with Crippen molar-refractivity contribution in [3.8, 4) is 17.0 Å². The Labute approximate surface area is 238 Å². The second kappa shape index (κ2) is 14.2. The monoisotopic (exact) mass is 567 g/mol. The highest BCUT2D eigenvalue weighted by atomic mass is 35.5. The molecule has 1 fully saturated rings. The van der Waals surface area contributed by atoms with Crippen LogP contribution in [0.2, 0.25) is 5.02 Å². The number of hydrogen-bond donors (Lipinski definition) is 3. The Morgan fingerprint density at radius 3 is 2.80 bits per heavy atom.